The molecular weight excluding hydrogens is 276 g/mol. The molecule has 0 radical (unpaired) electrons. The Bertz CT molecular complexity index is 935. The Labute approximate surface area is 127 Å². The summed E-state index contributed by atoms with van der Waals surface area (Å²) in [5.41, 5.74) is 3.20. The lowest BCUT2D eigenvalue weighted by molar-refractivity contribution is 0.603. The third kappa shape index (κ3) is 1.69. The average molecular weight is 290 g/mol. The highest BCUT2D eigenvalue weighted by atomic mass is 32.2. The van der Waals surface area contributed by atoms with Gasteiger partial charge in [0.15, 0.2) is 0 Å². The first kappa shape index (κ1) is 12.7. The Morgan fingerprint density at radius 3 is 2.71 bits per heavy atom. The van der Waals surface area contributed by atoms with Crippen LogP contribution in [-0.2, 0) is 5.41 Å². The smallest absolute Gasteiger partial charge is 0.0998 e. The fraction of sp³-hybridized carbons (Fsp3) is 0.222. The third-order valence-electron chi connectivity index (χ3n) is 4.26. The van der Waals surface area contributed by atoms with E-state index in [1.807, 2.05) is 42.2 Å². The van der Waals surface area contributed by atoms with E-state index in [0.29, 0.717) is 0 Å². The molecule has 0 saturated heterocycles. The molecule has 0 atom stereocenters. The molecule has 0 amide bonds. The minimum atomic E-state index is 0.152. The predicted molar refractivity (Wildman–Crippen MR) is 87.7 cm³/mol. The van der Waals surface area contributed by atoms with Gasteiger partial charge in [0.1, 0.15) is 0 Å². The van der Waals surface area contributed by atoms with Gasteiger partial charge < -0.3 is 0 Å². The lowest BCUT2D eigenvalue weighted by Gasteiger charge is -2.17. The molecule has 2 heterocycles. The van der Waals surface area contributed by atoms with Gasteiger partial charge >= 0.3 is 0 Å². The van der Waals surface area contributed by atoms with E-state index >= 15 is 0 Å². The molecule has 0 N–H and O–H groups in total. The van der Waals surface area contributed by atoms with E-state index in [-0.39, 0.29) is 5.41 Å². The largest absolute Gasteiger partial charge is 0.255 e. The summed E-state index contributed by atoms with van der Waals surface area (Å²) in [6.07, 6.45) is 2.02. The van der Waals surface area contributed by atoms with Gasteiger partial charge in [0.25, 0.3) is 0 Å². The van der Waals surface area contributed by atoms with Crippen molar-refractivity contribution in [3.05, 3.63) is 47.7 Å². The normalized spacial score (nSPS) is 16.0. The number of rotatable bonds is 0. The summed E-state index contributed by atoms with van der Waals surface area (Å²) >= 11 is 1.88. The van der Waals surface area contributed by atoms with Crippen molar-refractivity contribution in [2.45, 2.75) is 24.2 Å². The number of thioether (sulfide) groups is 1. The zero-order valence-corrected chi connectivity index (χ0v) is 12.8. The van der Waals surface area contributed by atoms with Crippen LogP contribution >= 0.6 is 11.8 Å². The van der Waals surface area contributed by atoms with Crippen LogP contribution in [0.25, 0.3) is 21.7 Å². The molecule has 21 heavy (non-hydrogen) atoms. The van der Waals surface area contributed by atoms with Crippen molar-refractivity contribution in [2.75, 3.05) is 5.75 Å². The van der Waals surface area contributed by atoms with E-state index in [0.717, 1.165) is 33.0 Å². The van der Waals surface area contributed by atoms with Crippen LogP contribution in [0, 0.1) is 11.3 Å². The fourth-order valence-electron chi connectivity index (χ4n) is 3.07. The van der Waals surface area contributed by atoms with Gasteiger partial charge in [-0.25, -0.2) is 0 Å². The number of fused-ring (bicyclic) bond motifs is 5. The molecular formula is C18H14N2S. The lowest BCUT2D eigenvalue weighted by atomic mass is 9.87. The molecule has 3 aromatic rings. The van der Waals surface area contributed by atoms with Crippen LogP contribution in [0.5, 0.6) is 0 Å². The first-order valence-corrected chi connectivity index (χ1v) is 7.98. The quantitative estimate of drug-likeness (QED) is 0.566. The highest BCUT2D eigenvalue weighted by Gasteiger charge is 2.32. The maximum absolute atomic E-state index is 9.47. The molecule has 0 bridgehead atoms. The first-order valence-electron chi connectivity index (χ1n) is 7.00. The third-order valence-corrected chi connectivity index (χ3v) is 5.85. The predicted octanol–water partition coefficient (Wildman–Crippen LogP) is 4.64. The molecule has 0 aliphatic carbocycles. The van der Waals surface area contributed by atoms with Crippen molar-refractivity contribution in [1.29, 1.82) is 5.26 Å². The molecule has 1 aromatic heterocycles. The van der Waals surface area contributed by atoms with Crippen molar-refractivity contribution in [2.24, 2.45) is 0 Å². The first-order chi connectivity index (χ1) is 10.1. The molecule has 0 saturated carbocycles. The summed E-state index contributed by atoms with van der Waals surface area (Å²) in [5.74, 6) is 1.07. The summed E-state index contributed by atoms with van der Waals surface area (Å²) in [7, 11) is 0. The van der Waals surface area contributed by atoms with Crippen LogP contribution < -0.4 is 0 Å². The summed E-state index contributed by atoms with van der Waals surface area (Å²) in [4.78, 5) is 6.03. The molecule has 0 unspecified atom stereocenters. The summed E-state index contributed by atoms with van der Waals surface area (Å²) in [6.45, 7) is 4.51. The molecule has 4 rings (SSSR count). The number of benzene rings is 2. The molecule has 1 aliphatic heterocycles. The Kier molecular flexibility index (Phi) is 2.55. The average Bonchev–Trinajstić information content (AvgIpc) is 2.82. The number of hydrogen-bond acceptors (Lipinski definition) is 3. The standard InChI is InChI=1S/C18H14N2S/c1-18(2)10-21-17-14-7-11(8-19)12-5-3-4-6-13(12)16(14)20-9-15(17)18/h3-7,9H,10H2,1-2H3. The maximum atomic E-state index is 9.47. The second kappa shape index (κ2) is 4.22. The van der Waals surface area contributed by atoms with Crippen molar-refractivity contribution in [3.8, 4) is 6.07 Å². The number of pyridine rings is 1. The van der Waals surface area contributed by atoms with Gasteiger partial charge in [0.2, 0.25) is 0 Å². The van der Waals surface area contributed by atoms with E-state index in [1.165, 1.54) is 10.5 Å². The number of nitriles is 1. The highest BCUT2D eigenvalue weighted by molar-refractivity contribution is 8.00. The zero-order chi connectivity index (χ0) is 14.6. The van der Waals surface area contributed by atoms with Gasteiger partial charge in [0.05, 0.1) is 17.1 Å². The fourth-order valence-corrected chi connectivity index (χ4v) is 4.52. The van der Waals surface area contributed by atoms with Crippen LogP contribution in [0.2, 0.25) is 0 Å². The van der Waals surface area contributed by atoms with Crippen LogP contribution in [0.4, 0.5) is 0 Å². The number of aromatic nitrogens is 1. The second-order valence-electron chi connectivity index (χ2n) is 6.15. The number of hydrogen-bond donors (Lipinski definition) is 0. The van der Waals surface area contributed by atoms with E-state index in [1.54, 1.807) is 0 Å². The maximum Gasteiger partial charge on any atom is 0.0998 e. The Hall–Kier alpha value is -2.05. The van der Waals surface area contributed by atoms with Gasteiger partial charge in [-0.05, 0) is 11.6 Å². The molecule has 102 valence electrons. The van der Waals surface area contributed by atoms with E-state index in [9.17, 15) is 5.26 Å². The van der Waals surface area contributed by atoms with Crippen molar-refractivity contribution in [3.63, 3.8) is 0 Å². The molecule has 2 aromatic carbocycles. The molecule has 0 spiro atoms. The van der Waals surface area contributed by atoms with Crippen molar-refractivity contribution < 1.29 is 0 Å². The summed E-state index contributed by atoms with van der Waals surface area (Å²) < 4.78 is 0. The molecule has 1 aliphatic rings. The van der Waals surface area contributed by atoms with Gasteiger partial charge in [-0.2, -0.15) is 5.26 Å². The van der Waals surface area contributed by atoms with E-state index < -0.39 is 0 Å². The SMILES string of the molecule is CC1(C)CSc2c1cnc1c2cc(C#N)c2ccccc21. The summed E-state index contributed by atoms with van der Waals surface area (Å²) in [6, 6.07) is 12.4. The second-order valence-corrected chi connectivity index (χ2v) is 7.14. The van der Waals surface area contributed by atoms with Crippen LogP contribution in [0.3, 0.4) is 0 Å². The van der Waals surface area contributed by atoms with Crippen LogP contribution in [0.15, 0.2) is 41.4 Å². The Balaban J connectivity index is 2.21. The monoisotopic (exact) mass is 290 g/mol. The minimum absolute atomic E-state index is 0.152. The summed E-state index contributed by atoms with van der Waals surface area (Å²) in [5, 5.41) is 12.6. The molecule has 0 fully saturated rings. The van der Waals surface area contributed by atoms with E-state index in [4.69, 9.17) is 4.98 Å². The number of nitrogens with zero attached hydrogens (tertiary/aromatic N) is 2. The van der Waals surface area contributed by atoms with Gasteiger partial charge in [-0.1, -0.05) is 38.1 Å². The van der Waals surface area contributed by atoms with Gasteiger partial charge in [0, 0.05) is 38.4 Å². The minimum Gasteiger partial charge on any atom is -0.255 e. The topological polar surface area (TPSA) is 36.7 Å². The molecule has 2 nitrogen and oxygen atoms in total. The van der Waals surface area contributed by atoms with E-state index in [2.05, 4.69) is 26.0 Å². The van der Waals surface area contributed by atoms with Crippen molar-refractivity contribution >= 4 is 33.4 Å². The van der Waals surface area contributed by atoms with Gasteiger partial charge in [-0.15, -0.1) is 11.8 Å². The van der Waals surface area contributed by atoms with Crippen molar-refractivity contribution in [1.82, 2.24) is 4.98 Å². The molecule has 3 heteroatoms. The van der Waals surface area contributed by atoms with Crippen LogP contribution in [-0.4, -0.2) is 10.7 Å². The Morgan fingerprint density at radius 1 is 1.19 bits per heavy atom. The lowest BCUT2D eigenvalue weighted by Crippen LogP contribution is -2.15. The highest BCUT2D eigenvalue weighted by Crippen LogP contribution is 2.47. The van der Waals surface area contributed by atoms with Gasteiger partial charge in [-0.3, -0.25) is 4.98 Å². The Morgan fingerprint density at radius 2 is 1.95 bits per heavy atom. The van der Waals surface area contributed by atoms with Crippen LogP contribution in [0.1, 0.15) is 25.0 Å². The zero-order valence-electron chi connectivity index (χ0n) is 12.0.